The lowest BCUT2D eigenvalue weighted by atomic mass is 9.99. The molecule has 5 nitrogen and oxygen atoms in total. The minimum Gasteiger partial charge on any atom is -0.383 e. The highest BCUT2D eigenvalue weighted by molar-refractivity contribution is 4.87. The molecule has 0 bridgehead atoms. The highest BCUT2D eigenvalue weighted by atomic mass is 16.5. The number of hydrogen-bond acceptors (Lipinski definition) is 4. The average molecular weight is 226 g/mol. The van der Waals surface area contributed by atoms with Crippen molar-refractivity contribution in [2.45, 2.75) is 26.3 Å². The van der Waals surface area contributed by atoms with Crippen LogP contribution in [0.25, 0.3) is 0 Å². The molecule has 0 amide bonds. The Morgan fingerprint density at radius 3 is 2.81 bits per heavy atom. The Hall–Kier alpha value is -0.940. The van der Waals surface area contributed by atoms with Gasteiger partial charge in [-0.1, -0.05) is 6.92 Å². The zero-order chi connectivity index (χ0) is 12.0. The third kappa shape index (κ3) is 3.90. The smallest absolute Gasteiger partial charge is 0.138 e. The van der Waals surface area contributed by atoms with Crippen LogP contribution in [0, 0.1) is 5.92 Å². The Bertz CT molecular complexity index is 300. The van der Waals surface area contributed by atoms with Crippen LogP contribution < -0.4 is 5.32 Å². The fourth-order valence-electron chi connectivity index (χ4n) is 1.56. The minimum atomic E-state index is 0.451. The first-order valence-electron chi connectivity index (χ1n) is 5.70. The van der Waals surface area contributed by atoms with E-state index in [9.17, 15) is 0 Å². The third-order valence-electron chi connectivity index (χ3n) is 2.94. The maximum Gasteiger partial charge on any atom is 0.138 e. The lowest BCUT2D eigenvalue weighted by Gasteiger charge is -2.20. The molecule has 0 fully saturated rings. The standard InChI is InChI=1S/C11H22N4O/c1-9(10(2)12-5-6-16-4)7-11-13-8-14-15(11)3/h8-10,12H,5-7H2,1-4H3. The van der Waals surface area contributed by atoms with Crippen molar-refractivity contribution < 1.29 is 4.74 Å². The summed E-state index contributed by atoms with van der Waals surface area (Å²) >= 11 is 0. The van der Waals surface area contributed by atoms with E-state index in [0.29, 0.717) is 12.0 Å². The molecule has 0 saturated heterocycles. The number of nitrogens with one attached hydrogen (secondary N) is 1. The van der Waals surface area contributed by atoms with Gasteiger partial charge in [-0.3, -0.25) is 4.68 Å². The fraction of sp³-hybridized carbons (Fsp3) is 0.818. The molecular formula is C11H22N4O. The SMILES string of the molecule is COCCNC(C)C(C)Cc1ncnn1C. The number of hydrogen-bond donors (Lipinski definition) is 1. The first-order chi connectivity index (χ1) is 7.65. The van der Waals surface area contributed by atoms with E-state index in [1.807, 2.05) is 11.7 Å². The van der Waals surface area contributed by atoms with Crippen LogP contribution in [-0.2, 0) is 18.2 Å². The molecule has 0 saturated carbocycles. The number of aryl methyl sites for hydroxylation is 1. The Morgan fingerprint density at radius 2 is 2.25 bits per heavy atom. The van der Waals surface area contributed by atoms with E-state index in [1.54, 1.807) is 13.4 Å². The highest BCUT2D eigenvalue weighted by Crippen LogP contribution is 2.09. The van der Waals surface area contributed by atoms with Crippen LogP contribution in [0.4, 0.5) is 0 Å². The molecule has 0 aliphatic heterocycles. The van der Waals surface area contributed by atoms with Crippen molar-refractivity contribution >= 4 is 0 Å². The van der Waals surface area contributed by atoms with Gasteiger partial charge in [0.25, 0.3) is 0 Å². The summed E-state index contributed by atoms with van der Waals surface area (Å²) in [6.45, 7) is 6.05. The molecule has 5 heteroatoms. The zero-order valence-electron chi connectivity index (χ0n) is 10.6. The van der Waals surface area contributed by atoms with Crippen molar-refractivity contribution in [3.63, 3.8) is 0 Å². The molecule has 16 heavy (non-hydrogen) atoms. The van der Waals surface area contributed by atoms with E-state index in [1.165, 1.54) is 0 Å². The predicted octanol–water partition coefficient (Wildman–Crippen LogP) is 0.618. The first kappa shape index (κ1) is 13.1. The van der Waals surface area contributed by atoms with Gasteiger partial charge in [-0.05, 0) is 12.8 Å². The second-order valence-corrected chi connectivity index (χ2v) is 4.22. The molecule has 0 aromatic carbocycles. The van der Waals surface area contributed by atoms with E-state index in [0.717, 1.165) is 25.4 Å². The van der Waals surface area contributed by atoms with E-state index in [4.69, 9.17) is 4.74 Å². The summed E-state index contributed by atoms with van der Waals surface area (Å²) in [5, 5.41) is 7.50. The maximum atomic E-state index is 5.01. The predicted molar refractivity (Wildman–Crippen MR) is 63.2 cm³/mol. The Balaban J connectivity index is 2.34. The van der Waals surface area contributed by atoms with Crippen LogP contribution in [-0.4, -0.2) is 41.1 Å². The fourth-order valence-corrected chi connectivity index (χ4v) is 1.56. The molecule has 1 N–H and O–H groups in total. The second-order valence-electron chi connectivity index (χ2n) is 4.22. The summed E-state index contributed by atoms with van der Waals surface area (Å²) in [7, 11) is 3.65. The van der Waals surface area contributed by atoms with Crippen molar-refractivity contribution in [3.8, 4) is 0 Å². The summed E-state index contributed by atoms with van der Waals surface area (Å²) in [6.07, 6.45) is 2.54. The Labute approximate surface area is 97.2 Å². The van der Waals surface area contributed by atoms with E-state index >= 15 is 0 Å². The van der Waals surface area contributed by atoms with Gasteiger partial charge in [-0.25, -0.2) is 4.98 Å². The van der Waals surface area contributed by atoms with Gasteiger partial charge < -0.3 is 10.1 Å². The van der Waals surface area contributed by atoms with Gasteiger partial charge >= 0.3 is 0 Å². The molecule has 0 aliphatic carbocycles. The molecule has 1 rings (SSSR count). The Kier molecular flexibility index (Phi) is 5.42. The van der Waals surface area contributed by atoms with Crippen molar-refractivity contribution in [1.82, 2.24) is 20.1 Å². The first-order valence-corrected chi connectivity index (χ1v) is 5.70. The molecule has 2 unspecified atom stereocenters. The van der Waals surface area contributed by atoms with Crippen LogP contribution in [0.2, 0.25) is 0 Å². The van der Waals surface area contributed by atoms with E-state index in [-0.39, 0.29) is 0 Å². The van der Waals surface area contributed by atoms with Gasteiger partial charge in [-0.2, -0.15) is 5.10 Å². The molecule has 1 aromatic rings. The van der Waals surface area contributed by atoms with Gasteiger partial charge in [0.15, 0.2) is 0 Å². The van der Waals surface area contributed by atoms with Gasteiger partial charge in [0.1, 0.15) is 12.2 Å². The number of nitrogens with zero attached hydrogens (tertiary/aromatic N) is 3. The van der Waals surface area contributed by atoms with Crippen molar-refractivity contribution in [2.75, 3.05) is 20.3 Å². The Morgan fingerprint density at radius 1 is 1.50 bits per heavy atom. The quantitative estimate of drug-likeness (QED) is 0.692. The summed E-state index contributed by atoms with van der Waals surface area (Å²) in [5.41, 5.74) is 0. The van der Waals surface area contributed by atoms with Crippen LogP contribution in [0.15, 0.2) is 6.33 Å². The van der Waals surface area contributed by atoms with Gasteiger partial charge in [0.05, 0.1) is 6.61 Å². The zero-order valence-corrected chi connectivity index (χ0v) is 10.6. The molecule has 92 valence electrons. The lowest BCUT2D eigenvalue weighted by Crippen LogP contribution is -2.35. The molecule has 2 atom stereocenters. The van der Waals surface area contributed by atoms with E-state index < -0.39 is 0 Å². The number of ether oxygens (including phenoxy) is 1. The molecule has 1 aromatic heterocycles. The van der Waals surface area contributed by atoms with Crippen LogP contribution in [0.3, 0.4) is 0 Å². The highest BCUT2D eigenvalue weighted by Gasteiger charge is 2.14. The molecule has 0 radical (unpaired) electrons. The van der Waals surface area contributed by atoms with Gasteiger partial charge in [-0.15, -0.1) is 0 Å². The van der Waals surface area contributed by atoms with Crippen LogP contribution in [0.5, 0.6) is 0 Å². The third-order valence-corrected chi connectivity index (χ3v) is 2.94. The second kappa shape index (κ2) is 6.60. The normalized spacial score (nSPS) is 15.0. The van der Waals surface area contributed by atoms with Crippen molar-refractivity contribution in [3.05, 3.63) is 12.2 Å². The molecule has 0 aliphatic rings. The summed E-state index contributed by atoms with van der Waals surface area (Å²) in [5.74, 6) is 1.56. The average Bonchev–Trinajstić information content (AvgIpc) is 2.64. The molecular weight excluding hydrogens is 204 g/mol. The largest absolute Gasteiger partial charge is 0.383 e. The summed E-state index contributed by atoms with van der Waals surface area (Å²) in [6, 6.07) is 0.451. The summed E-state index contributed by atoms with van der Waals surface area (Å²) < 4.78 is 6.84. The summed E-state index contributed by atoms with van der Waals surface area (Å²) in [4.78, 5) is 4.23. The lowest BCUT2D eigenvalue weighted by molar-refractivity contribution is 0.192. The minimum absolute atomic E-state index is 0.451. The number of methoxy groups -OCH3 is 1. The number of rotatable bonds is 7. The monoisotopic (exact) mass is 226 g/mol. The maximum absolute atomic E-state index is 5.01. The van der Waals surface area contributed by atoms with Gasteiger partial charge in [0.2, 0.25) is 0 Å². The molecule has 1 heterocycles. The molecule has 0 spiro atoms. The topological polar surface area (TPSA) is 52.0 Å². The van der Waals surface area contributed by atoms with Crippen molar-refractivity contribution in [2.24, 2.45) is 13.0 Å². The number of aromatic nitrogens is 3. The van der Waals surface area contributed by atoms with Crippen LogP contribution >= 0.6 is 0 Å². The van der Waals surface area contributed by atoms with Crippen molar-refractivity contribution in [1.29, 1.82) is 0 Å². The van der Waals surface area contributed by atoms with Gasteiger partial charge in [0, 0.05) is 33.2 Å². The van der Waals surface area contributed by atoms with Crippen LogP contribution in [0.1, 0.15) is 19.7 Å². The van der Waals surface area contributed by atoms with E-state index in [2.05, 4.69) is 29.2 Å².